The molecule has 1 rings (SSSR count). The number of ketones is 1. The summed E-state index contributed by atoms with van der Waals surface area (Å²) < 4.78 is 40.9. The maximum atomic E-state index is 12.9. The van der Waals surface area contributed by atoms with Gasteiger partial charge in [-0.05, 0) is 13.0 Å². The van der Waals surface area contributed by atoms with Gasteiger partial charge in [-0.25, -0.2) is 4.39 Å². The number of alkyl halides is 2. The van der Waals surface area contributed by atoms with Gasteiger partial charge in [-0.15, -0.1) is 0 Å². The molecular weight excluding hydrogens is 223 g/mol. The molecule has 0 saturated carbocycles. The van der Waals surface area contributed by atoms with Crippen molar-refractivity contribution in [3.63, 3.8) is 0 Å². The van der Waals surface area contributed by atoms with E-state index in [2.05, 4.69) is 4.74 Å². The lowest BCUT2D eigenvalue weighted by molar-refractivity contribution is -0.0502. The van der Waals surface area contributed by atoms with Gasteiger partial charge < -0.3 is 4.74 Å². The van der Waals surface area contributed by atoms with Crippen molar-refractivity contribution in [3.05, 3.63) is 29.1 Å². The fraction of sp³-hybridized carbons (Fsp3) is 0.200. The van der Waals surface area contributed by atoms with Gasteiger partial charge in [0.25, 0.3) is 0 Å². The van der Waals surface area contributed by atoms with Gasteiger partial charge in [0.1, 0.15) is 17.6 Å². The van der Waals surface area contributed by atoms with Crippen molar-refractivity contribution in [1.29, 1.82) is 5.26 Å². The largest absolute Gasteiger partial charge is 0.434 e. The van der Waals surface area contributed by atoms with Crippen molar-refractivity contribution < 1.29 is 22.7 Å². The van der Waals surface area contributed by atoms with Crippen LogP contribution in [-0.2, 0) is 0 Å². The predicted molar refractivity (Wildman–Crippen MR) is 47.8 cm³/mol. The van der Waals surface area contributed by atoms with Crippen LogP contribution in [0.15, 0.2) is 12.1 Å². The van der Waals surface area contributed by atoms with E-state index in [1.54, 1.807) is 6.07 Å². The second-order valence-corrected chi connectivity index (χ2v) is 2.87. The van der Waals surface area contributed by atoms with Crippen LogP contribution in [-0.4, -0.2) is 12.4 Å². The third kappa shape index (κ3) is 2.51. The predicted octanol–water partition coefficient (Wildman–Crippen LogP) is 2.50. The van der Waals surface area contributed by atoms with Crippen LogP contribution in [0.2, 0.25) is 0 Å². The molecule has 0 unspecified atom stereocenters. The number of benzene rings is 1. The molecule has 0 amide bonds. The van der Waals surface area contributed by atoms with Crippen molar-refractivity contribution in [1.82, 2.24) is 0 Å². The summed E-state index contributed by atoms with van der Waals surface area (Å²) in [5.74, 6) is -2.19. The van der Waals surface area contributed by atoms with Gasteiger partial charge in [-0.1, -0.05) is 0 Å². The first-order chi connectivity index (χ1) is 7.45. The third-order valence-corrected chi connectivity index (χ3v) is 1.76. The molecule has 0 spiro atoms. The van der Waals surface area contributed by atoms with Gasteiger partial charge >= 0.3 is 6.61 Å². The molecule has 0 aliphatic heterocycles. The molecule has 0 N–H and O–H groups in total. The Labute approximate surface area is 89.1 Å². The number of carbonyl (C=O) groups is 1. The Kier molecular flexibility index (Phi) is 3.51. The molecule has 0 fully saturated rings. The lowest BCUT2D eigenvalue weighted by atomic mass is 10.0. The molecule has 0 heterocycles. The van der Waals surface area contributed by atoms with Crippen LogP contribution in [0.5, 0.6) is 5.75 Å². The van der Waals surface area contributed by atoms with Crippen molar-refractivity contribution in [3.8, 4) is 11.8 Å². The average molecular weight is 229 g/mol. The number of hydrogen-bond acceptors (Lipinski definition) is 3. The summed E-state index contributed by atoms with van der Waals surface area (Å²) in [5, 5.41) is 8.64. The molecule has 0 aliphatic carbocycles. The van der Waals surface area contributed by atoms with Crippen molar-refractivity contribution >= 4 is 5.78 Å². The molecule has 84 valence electrons. The first-order valence-electron chi connectivity index (χ1n) is 4.15. The van der Waals surface area contributed by atoms with Crippen LogP contribution in [0.3, 0.4) is 0 Å². The maximum absolute atomic E-state index is 12.9. The highest BCUT2D eigenvalue weighted by Crippen LogP contribution is 2.26. The fourth-order valence-electron chi connectivity index (χ4n) is 1.22. The number of Topliss-reactive ketones (excluding diaryl/α,β-unsaturated/α-hetero) is 1. The van der Waals surface area contributed by atoms with Crippen LogP contribution < -0.4 is 4.74 Å². The average Bonchev–Trinajstić information content (AvgIpc) is 2.14. The summed E-state index contributed by atoms with van der Waals surface area (Å²) in [6.45, 7) is -2.11. The van der Waals surface area contributed by atoms with E-state index in [9.17, 15) is 18.0 Å². The number of nitrogens with zero attached hydrogens (tertiary/aromatic N) is 1. The van der Waals surface area contributed by atoms with Gasteiger partial charge in [-0.2, -0.15) is 14.0 Å². The Morgan fingerprint density at radius 2 is 2.12 bits per heavy atom. The molecule has 0 bridgehead atoms. The van der Waals surface area contributed by atoms with E-state index >= 15 is 0 Å². The normalized spacial score (nSPS) is 10.0. The van der Waals surface area contributed by atoms with Crippen molar-refractivity contribution in [2.75, 3.05) is 0 Å². The summed E-state index contributed by atoms with van der Waals surface area (Å²) in [7, 11) is 0. The molecule has 0 aromatic heterocycles. The van der Waals surface area contributed by atoms with Gasteiger partial charge in [0.05, 0.1) is 11.1 Å². The highest BCUT2D eigenvalue weighted by Gasteiger charge is 2.18. The summed E-state index contributed by atoms with van der Waals surface area (Å²) in [5.41, 5.74) is -0.674. The number of ether oxygens (including phenoxy) is 1. The molecule has 3 nitrogen and oxygen atoms in total. The molecule has 1 aromatic rings. The minimum absolute atomic E-state index is 0.330. The van der Waals surface area contributed by atoms with Gasteiger partial charge in [0, 0.05) is 6.07 Å². The van der Waals surface area contributed by atoms with E-state index in [0.717, 1.165) is 13.0 Å². The number of carbonyl (C=O) groups excluding carboxylic acids is 1. The number of hydrogen-bond donors (Lipinski definition) is 0. The van der Waals surface area contributed by atoms with Crippen LogP contribution in [0.1, 0.15) is 22.8 Å². The second-order valence-electron chi connectivity index (χ2n) is 2.87. The second kappa shape index (κ2) is 4.66. The maximum Gasteiger partial charge on any atom is 0.387 e. The standard InChI is InChI=1S/C10H6F3NO2/c1-5(15)9-6(4-14)2-7(11)3-8(9)16-10(12)13/h2-3,10H,1H3. The first-order valence-corrected chi connectivity index (χ1v) is 4.15. The Balaban J connectivity index is 3.39. The lowest BCUT2D eigenvalue weighted by Crippen LogP contribution is -2.08. The van der Waals surface area contributed by atoms with Gasteiger partial charge in [0.2, 0.25) is 0 Å². The number of halogens is 3. The monoisotopic (exact) mass is 229 g/mol. The van der Waals surface area contributed by atoms with E-state index in [0.29, 0.717) is 6.07 Å². The van der Waals surface area contributed by atoms with Crippen LogP contribution in [0.25, 0.3) is 0 Å². The highest BCUT2D eigenvalue weighted by molar-refractivity contribution is 5.99. The Morgan fingerprint density at radius 1 is 1.50 bits per heavy atom. The summed E-state index contributed by atoms with van der Waals surface area (Å²) in [6.07, 6.45) is 0. The lowest BCUT2D eigenvalue weighted by Gasteiger charge is -2.09. The smallest absolute Gasteiger partial charge is 0.387 e. The van der Waals surface area contributed by atoms with Crippen molar-refractivity contribution in [2.24, 2.45) is 0 Å². The zero-order valence-electron chi connectivity index (χ0n) is 8.13. The number of rotatable bonds is 3. The molecule has 16 heavy (non-hydrogen) atoms. The minimum atomic E-state index is -3.19. The van der Waals surface area contributed by atoms with Gasteiger partial charge in [-0.3, -0.25) is 4.79 Å². The first kappa shape index (κ1) is 12.0. The summed E-state index contributed by atoms with van der Waals surface area (Å²) in [6, 6.07) is 2.98. The summed E-state index contributed by atoms with van der Waals surface area (Å²) >= 11 is 0. The van der Waals surface area contributed by atoms with E-state index in [-0.39, 0.29) is 11.1 Å². The summed E-state index contributed by atoms with van der Waals surface area (Å²) in [4.78, 5) is 11.1. The zero-order valence-corrected chi connectivity index (χ0v) is 8.13. The molecule has 0 atom stereocenters. The quantitative estimate of drug-likeness (QED) is 0.748. The number of nitriles is 1. The minimum Gasteiger partial charge on any atom is -0.434 e. The Morgan fingerprint density at radius 3 is 2.56 bits per heavy atom. The van der Waals surface area contributed by atoms with Crippen LogP contribution in [0.4, 0.5) is 13.2 Å². The molecule has 6 heteroatoms. The Bertz CT molecular complexity index is 466. The zero-order chi connectivity index (χ0) is 12.3. The van der Waals surface area contributed by atoms with E-state index in [1.807, 2.05) is 0 Å². The molecule has 0 aliphatic rings. The Hall–Kier alpha value is -2.03. The third-order valence-electron chi connectivity index (χ3n) is 1.76. The van der Waals surface area contributed by atoms with Crippen LogP contribution >= 0.6 is 0 Å². The topological polar surface area (TPSA) is 50.1 Å². The molecule has 0 radical (unpaired) electrons. The van der Waals surface area contributed by atoms with E-state index in [1.165, 1.54) is 0 Å². The fourth-order valence-corrected chi connectivity index (χ4v) is 1.22. The molecule has 1 aromatic carbocycles. The molecule has 0 saturated heterocycles. The SMILES string of the molecule is CC(=O)c1c(C#N)cc(F)cc1OC(F)F. The van der Waals surface area contributed by atoms with Gasteiger partial charge in [0.15, 0.2) is 5.78 Å². The van der Waals surface area contributed by atoms with E-state index in [4.69, 9.17) is 5.26 Å². The molecular formula is C10H6F3NO2. The van der Waals surface area contributed by atoms with Crippen LogP contribution in [0, 0.1) is 17.1 Å². The van der Waals surface area contributed by atoms with Crippen molar-refractivity contribution in [2.45, 2.75) is 13.5 Å². The highest BCUT2D eigenvalue weighted by atomic mass is 19.3. The van der Waals surface area contributed by atoms with E-state index < -0.39 is 24.0 Å².